The molecule has 0 aliphatic rings. The van der Waals surface area contributed by atoms with Crippen molar-refractivity contribution >= 4 is 39.1 Å². The van der Waals surface area contributed by atoms with Crippen molar-refractivity contribution in [3.05, 3.63) is 59.1 Å². The maximum absolute atomic E-state index is 13.4. The fourth-order valence-corrected chi connectivity index (χ4v) is 3.21. The summed E-state index contributed by atoms with van der Waals surface area (Å²) in [6.45, 7) is -0.619. The van der Waals surface area contributed by atoms with Crippen LogP contribution in [0.4, 0.5) is 14.5 Å². The smallest absolute Gasteiger partial charge is 0.306 e. The molecule has 3 aromatic rings. The average molecular weight is 376 g/mol. The van der Waals surface area contributed by atoms with Crippen LogP contribution in [0.3, 0.4) is 0 Å². The van der Waals surface area contributed by atoms with Crippen LogP contribution >= 0.6 is 11.3 Å². The van der Waals surface area contributed by atoms with Gasteiger partial charge in [0.1, 0.15) is 17.3 Å². The Morgan fingerprint density at radius 2 is 1.81 bits per heavy atom. The van der Waals surface area contributed by atoms with E-state index in [1.54, 1.807) is 0 Å². The highest BCUT2D eigenvalue weighted by atomic mass is 32.1. The van der Waals surface area contributed by atoms with Crippen LogP contribution in [-0.4, -0.2) is 23.5 Å². The number of aromatic nitrogens is 1. The zero-order valence-electron chi connectivity index (χ0n) is 13.5. The number of rotatable bonds is 6. The second-order valence-corrected chi connectivity index (χ2v) is 6.50. The maximum Gasteiger partial charge on any atom is 0.306 e. The van der Waals surface area contributed by atoms with Crippen LogP contribution < -0.4 is 5.32 Å². The number of hydrogen-bond donors (Lipinski definition) is 1. The van der Waals surface area contributed by atoms with Crippen molar-refractivity contribution in [3.8, 4) is 0 Å². The molecule has 134 valence electrons. The number of anilines is 1. The predicted molar refractivity (Wildman–Crippen MR) is 93.9 cm³/mol. The number of carbonyl (C=O) groups excluding carboxylic acids is 2. The maximum atomic E-state index is 13.4. The van der Waals surface area contributed by atoms with Gasteiger partial charge in [0.15, 0.2) is 6.61 Å². The number of para-hydroxylation sites is 2. The Morgan fingerprint density at radius 3 is 2.54 bits per heavy atom. The summed E-state index contributed by atoms with van der Waals surface area (Å²) >= 11 is 1.49. The summed E-state index contributed by atoms with van der Waals surface area (Å²) in [6.07, 6.45) is 0.447. The van der Waals surface area contributed by atoms with Gasteiger partial charge in [-0.25, -0.2) is 13.8 Å². The number of esters is 1. The number of nitrogens with zero attached hydrogens (tertiary/aromatic N) is 1. The van der Waals surface area contributed by atoms with Crippen LogP contribution in [0.15, 0.2) is 42.5 Å². The molecular formula is C18H14F2N2O3S. The van der Waals surface area contributed by atoms with E-state index in [-0.39, 0.29) is 6.42 Å². The molecule has 0 aliphatic carbocycles. The number of amides is 1. The second kappa shape index (κ2) is 8.01. The molecule has 1 aromatic heterocycles. The molecule has 0 bridgehead atoms. The van der Waals surface area contributed by atoms with Crippen LogP contribution in [0.1, 0.15) is 11.4 Å². The standard InChI is InChI=1S/C18H14F2N2O3S/c19-11-4-3-5-12(20)18(11)22-15(23)10-25-17(24)9-8-16-21-13-6-1-2-7-14(13)26-16/h1-7H,8-10H2,(H,22,23). The molecule has 0 fully saturated rings. The summed E-state index contributed by atoms with van der Waals surface area (Å²) in [5.41, 5.74) is 0.301. The number of nitrogens with one attached hydrogen (secondary N) is 1. The zero-order chi connectivity index (χ0) is 18.5. The first-order valence-electron chi connectivity index (χ1n) is 7.77. The summed E-state index contributed by atoms with van der Waals surface area (Å²) in [4.78, 5) is 27.8. The highest BCUT2D eigenvalue weighted by molar-refractivity contribution is 7.18. The molecule has 0 saturated carbocycles. The normalized spacial score (nSPS) is 10.7. The Balaban J connectivity index is 1.47. The van der Waals surface area contributed by atoms with Crippen molar-refractivity contribution in [2.75, 3.05) is 11.9 Å². The molecule has 1 N–H and O–H groups in total. The molecule has 0 unspecified atom stereocenters. The van der Waals surface area contributed by atoms with E-state index in [2.05, 4.69) is 4.98 Å². The summed E-state index contributed by atoms with van der Waals surface area (Å²) in [5.74, 6) is -3.21. The fraction of sp³-hybridized carbons (Fsp3) is 0.167. The van der Waals surface area contributed by atoms with Crippen LogP contribution in [0.2, 0.25) is 0 Å². The van der Waals surface area contributed by atoms with Gasteiger partial charge in [-0.3, -0.25) is 9.59 Å². The van der Waals surface area contributed by atoms with E-state index in [0.29, 0.717) is 6.42 Å². The van der Waals surface area contributed by atoms with Crippen LogP contribution in [0.25, 0.3) is 10.2 Å². The van der Waals surface area contributed by atoms with E-state index in [0.717, 1.165) is 27.4 Å². The molecule has 0 aliphatic heterocycles. The van der Waals surface area contributed by atoms with Crippen molar-refractivity contribution in [3.63, 3.8) is 0 Å². The Hall–Kier alpha value is -2.87. The third-order valence-corrected chi connectivity index (χ3v) is 4.57. The van der Waals surface area contributed by atoms with Gasteiger partial charge >= 0.3 is 5.97 Å². The van der Waals surface area contributed by atoms with Gasteiger partial charge in [-0.2, -0.15) is 0 Å². The first-order valence-corrected chi connectivity index (χ1v) is 8.58. The first-order chi connectivity index (χ1) is 12.5. The Morgan fingerprint density at radius 1 is 1.08 bits per heavy atom. The minimum Gasteiger partial charge on any atom is -0.456 e. The van der Waals surface area contributed by atoms with Gasteiger partial charge < -0.3 is 10.1 Å². The summed E-state index contributed by atoms with van der Waals surface area (Å²) in [5, 5.41) is 2.84. The number of hydrogen-bond acceptors (Lipinski definition) is 5. The molecule has 0 atom stereocenters. The fourth-order valence-electron chi connectivity index (χ4n) is 2.25. The van der Waals surface area contributed by atoms with Gasteiger partial charge in [-0.05, 0) is 24.3 Å². The molecule has 0 saturated heterocycles. The zero-order valence-corrected chi connectivity index (χ0v) is 14.3. The summed E-state index contributed by atoms with van der Waals surface area (Å²) in [7, 11) is 0. The Labute approximate surface area is 151 Å². The molecule has 0 spiro atoms. The summed E-state index contributed by atoms with van der Waals surface area (Å²) < 4.78 is 32.7. The monoisotopic (exact) mass is 376 g/mol. The number of thiazole rings is 1. The molecule has 26 heavy (non-hydrogen) atoms. The van der Waals surface area contributed by atoms with E-state index in [9.17, 15) is 18.4 Å². The number of benzene rings is 2. The van der Waals surface area contributed by atoms with Crippen molar-refractivity contribution in [2.24, 2.45) is 0 Å². The SMILES string of the molecule is O=C(COC(=O)CCc1nc2ccccc2s1)Nc1c(F)cccc1F. The van der Waals surface area contributed by atoms with Crippen molar-refractivity contribution < 1.29 is 23.1 Å². The minimum absolute atomic E-state index is 0.0567. The second-order valence-electron chi connectivity index (χ2n) is 5.38. The van der Waals surface area contributed by atoms with E-state index < -0.39 is 35.8 Å². The molecule has 2 aromatic carbocycles. The topological polar surface area (TPSA) is 68.3 Å². The van der Waals surface area contributed by atoms with Crippen LogP contribution in [0, 0.1) is 11.6 Å². The highest BCUT2D eigenvalue weighted by Crippen LogP contribution is 2.22. The summed E-state index contributed by atoms with van der Waals surface area (Å²) in [6, 6.07) is 10.8. The lowest BCUT2D eigenvalue weighted by molar-refractivity contribution is -0.147. The quantitative estimate of drug-likeness (QED) is 0.666. The number of halogens is 2. The molecule has 8 heteroatoms. The molecule has 0 radical (unpaired) electrons. The van der Waals surface area contributed by atoms with E-state index >= 15 is 0 Å². The first kappa shape index (κ1) is 17.9. The van der Waals surface area contributed by atoms with Gasteiger partial charge in [0.25, 0.3) is 5.91 Å². The van der Waals surface area contributed by atoms with Crippen molar-refractivity contribution in [1.29, 1.82) is 0 Å². The van der Waals surface area contributed by atoms with E-state index in [1.165, 1.54) is 17.4 Å². The van der Waals surface area contributed by atoms with Crippen LogP contribution in [-0.2, 0) is 20.7 Å². The Bertz CT molecular complexity index is 905. The third-order valence-electron chi connectivity index (χ3n) is 3.47. The van der Waals surface area contributed by atoms with E-state index in [1.807, 2.05) is 29.6 Å². The number of aryl methyl sites for hydroxylation is 1. The average Bonchev–Trinajstić information content (AvgIpc) is 3.04. The van der Waals surface area contributed by atoms with Gasteiger partial charge in [-0.1, -0.05) is 18.2 Å². The lowest BCUT2D eigenvalue weighted by atomic mass is 10.3. The predicted octanol–water partition coefficient (Wildman–Crippen LogP) is 3.69. The van der Waals surface area contributed by atoms with Crippen molar-refractivity contribution in [2.45, 2.75) is 12.8 Å². The Kier molecular flexibility index (Phi) is 5.52. The van der Waals surface area contributed by atoms with E-state index in [4.69, 9.17) is 4.74 Å². The number of ether oxygens (including phenoxy) is 1. The van der Waals surface area contributed by atoms with Crippen LogP contribution in [0.5, 0.6) is 0 Å². The van der Waals surface area contributed by atoms with Gasteiger partial charge in [0, 0.05) is 6.42 Å². The largest absolute Gasteiger partial charge is 0.456 e. The van der Waals surface area contributed by atoms with Gasteiger partial charge in [0.05, 0.1) is 21.6 Å². The minimum atomic E-state index is -0.902. The molecule has 1 amide bonds. The van der Waals surface area contributed by atoms with Gasteiger partial charge in [0.2, 0.25) is 0 Å². The lowest BCUT2D eigenvalue weighted by Gasteiger charge is -2.08. The molecule has 3 rings (SSSR count). The van der Waals surface area contributed by atoms with Gasteiger partial charge in [-0.15, -0.1) is 11.3 Å². The number of fused-ring (bicyclic) bond motifs is 1. The highest BCUT2D eigenvalue weighted by Gasteiger charge is 2.14. The molecule has 1 heterocycles. The number of carbonyl (C=O) groups is 2. The molecule has 5 nitrogen and oxygen atoms in total. The lowest BCUT2D eigenvalue weighted by Crippen LogP contribution is -2.22. The molecular weight excluding hydrogens is 362 g/mol. The third kappa shape index (κ3) is 4.40. The van der Waals surface area contributed by atoms with Crippen molar-refractivity contribution in [1.82, 2.24) is 4.98 Å².